The van der Waals surface area contributed by atoms with Crippen molar-refractivity contribution in [1.29, 1.82) is 0 Å². The number of amides is 1. The minimum atomic E-state index is -0.181. The van der Waals surface area contributed by atoms with Gasteiger partial charge in [-0.05, 0) is 24.3 Å². The lowest BCUT2D eigenvalue weighted by Crippen LogP contribution is -2.46. The number of pyridine rings is 1. The molecule has 1 fully saturated rings. The Morgan fingerprint density at radius 3 is 2.66 bits per heavy atom. The van der Waals surface area contributed by atoms with Crippen molar-refractivity contribution < 1.29 is 14.3 Å². The fraction of sp³-hybridized carbons (Fsp3) is 0.250. The van der Waals surface area contributed by atoms with Gasteiger partial charge in [0.2, 0.25) is 6.79 Å². The normalized spacial score (nSPS) is 15.4. The van der Waals surface area contributed by atoms with E-state index in [2.05, 4.69) is 25.1 Å². The zero-order valence-corrected chi connectivity index (χ0v) is 16.4. The monoisotopic (exact) mass is 409 g/mol. The Morgan fingerprint density at radius 1 is 1.00 bits per heavy atom. The van der Waals surface area contributed by atoms with Crippen LogP contribution in [-0.4, -0.2) is 48.8 Å². The van der Waals surface area contributed by atoms with Gasteiger partial charge >= 0.3 is 0 Å². The molecular formula is C20H19N5O3S. The summed E-state index contributed by atoms with van der Waals surface area (Å²) in [5, 5.41) is 3.76. The van der Waals surface area contributed by atoms with Crippen LogP contribution in [0.3, 0.4) is 0 Å². The van der Waals surface area contributed by atoms with E-state index in [0.29, 0.717) is 22.1 Å². The van der Waals surface area contributed by atoms with Crippen LogP contribution in [-0.2, 0) is 0 Å². The maximum absolute atomic E-state index is 12.6. The highest BCUT2D eigenvalue weighted by molar-refractivity contribution is 7.17. The van der Waals surface area contributed by atoms with Gasteiger partial charge in [-0.25, -0.2) is 9.97 Å². The number of thiazole rings is 1. The van der Waals surface area contributed by atoms with Crippen molar-refractivity contribution >= 4 is 33.9 Å². The first-order valence-corrected chi connectivity index (χ1v) is 10.2. The Balaban J connectivity index is 1.21. The number of carbonyl (C=O) groups is 1. The van der Waals surface area contributed by atoms with E-state index < -0.39 is 0 Å². The number of nitrogens with zero attached hydrogens (tertiary/aromatic N) is 4. The molecule has 148 valence electrons. The van der Waals surface area contributed by atoms with Crippen LogP contribution in [0.1, 0.15) is 9.67 Å². The van der Waals surface area contributed by atoms with E-state index in [1.54, 1.807) is 24.4 Å². The summed E-state index contributed by atoms with van der Waals surface area (Å²) in [7, 11) is 0. The predicted octanol–water partition coefficient (Wildman–Crippen LogP) is 2.85. The zero-order valence-electron chi connectivity index (χ0n) is 15.6. The minimum absolute atomic E-state index is 0.181. The molecule has 3 aromatic rings. The molecule has 1 aromatic carbocycles. The largest absolute Gasteiger partial charge is 0.454 e. The first-order valence-electron chi connectivity index (χ1n) is 9.34. The third-order valence-corrected chi connectivity index (χ3v) is 5.93. The molecular weight excluding hydrogens is 390 g/mol. The highest BCUT2D eigenvalue weighted by Gasteiger charge is 2.22. The van der Waals surface area contributed by atoms with E-state index in [-0.39, 0.29) is 12.7 Å². The molecule has 2 aliphatic heterocycles. The van der Waals surface area contributed by atoms with Crippen molar-refractivity contribution in [3.05, 3.63) is 53.7 Å². The van der Waals surface area contributed by atoms with Crippen LogP contribution >= 0.6 is 11.3 Å². The van der Waals surface area contributed by atoms with Crippen molar-refractivity contribution in [3.8, 4) is 11.5 Å². The molecule has 8 nitrogen and oxygen atoms in total. The number of benzene rings is 1. The van der Waals surface area contributed by atoms with Gasteiger partial charge in [-0.15, -0.1) is 0 Å². The van der Waals surface area contributed by atoms with E-state index in [0.717, 1.165) is 37.1 Å². The number of hydrogen-bond donors (Lipinski definition) is 1. The zero-order chi connectivity index (χ0) is 19.6. The van der Waals surface area contributed by atoms with Crippen molar-refractivity contribution in [2.75, 3.05) is 48.1 Å². The summed E-state index contributed by atoms with van der Waals surface area (Å²) in [6, 6.07) is 11.3. The number of hydrogen-bond acceptors (Lipinski definition) is 8. The summed E-state index contributed by atoms with van der Waals surface area (Å²) in [5.41, 5.74) is 0.665. The molecule has 1 saturated heterocycles. The number of anilines is 3. The Hall–Kier alpha value is -3.33. The van der Waals surface area contributed by atoms with Gasteiger partial charge < -0.3 is 24.6 Å². The van der Waals surface area contributed by atoms with Gasteiger partial charge in [0.15, 0.2) is 16.6 Å². The lowest BCUT2D eigenvalue weighted by molar-refractivity contribution is 0.103. The third-order valence-electron chi connectivity index (χ3n) is 4.87. The number of piperazine rings is 1. The van der Waals surface area contributed by atoms with Gasteiger partial charge in [0.25, 0.3) is 5.91 Å². The molecule has 1 N–H and O–H groups in total. The topological polar surface area (TPSA) is 79.8 Å². The smallest absolute Gasteiger partial charge is 0.267 e. The minimum Gasteiger partial charge on any atom is -0.454 e. The standard InChI is InChI=1S/C20H19N5O3S/c26-19(23-14-4-5-15-16(11-14)28-13-27-15)17-12-22-20(29-17)25-9-7-24(8-10-25)18-3-1-2-6-21-18/h1-6,11-12H,7-10,13H2,(H,23,26). The summed E-state index contributed by atoms with van der Waals surface area (Å²) in [6.07, 6.45) is 3.45. The van der Waals surface area contributed by atoms with Crippen LogP contribution in [0.15, 0.2) is 48.8 Å². The Kier molecular flexibility index (Phi) is 4.65. The van der Waals surface area contributed by atoms with Crippen LogP contribution in [0.4, 0.5) is 16.6 Å². The van der Waals surface area contributed by atoms with Gasteiger partial charge in [-0.2, -0.15) is 0 Å². The number of rotatable bonds is 4. The molecule has 0 bridgehead atoms. The fourth-order valence-corrected chi connectivity index (χ4v) is 4.21. The molecule has 0 radical (unpaired) electrons. The van der Waals surface area contributed by atoms with Crippen molar-refractivity contribution in [1.82, 2.24) is 9.97 Å². The first-order chi connectivity index (χ1) is 14.3. The van der Waals surface area contributed by atoms with Crippen molar-refractivity contribution in [2.45, 2.75) is 0 Å². The summed E-state index contributed by atoms with van der Waals surface area (Å²) >= 11 is 1.40. The first kappa shape index (κ1) is 17.7. The van der Waals surface area contributed by atoms with Crippen LogP contribution in [0, 0.1) is 0 Å². The molecule has 4 heterocycles. The molecule has 0 aliphatic carbocycles. The van der Waals surface area contributed by atoms with Crippen LogP contribution in [0.25, 0.3) is 0 Å². The van der Waals surface area contributed by atoms with Crippen molar-refractivity contribution in [3.63, 3.8) is 0 Å². The van der Waals surface area contributed by atoms with Crippen LogP contribution in [0.5, 0.6) is 11.5 Å². The Labute approximate surface area is 171 Å². The van der Waals surface area contributed by atoms with E-state index in [1.807, 2.05) is 24.4 Å². The molecule has 2 aromatic heterocycles. The van der Waals surface area contributed by atoms with Gasteiger partial charge in [0, 0.05) is 44.1 Å². The van der Waals surface area contributed by atoms with E-state index >= 15 is 0 Å². The number of fused-ring (bicyclic) bond motifs is 1. The number of aromatic nitrogens is 2. The lowest BCUT2D eigenvalue weighted by Gasteiger charge is -2.35. The molecule has 0 saturated carbocycles. The Morgan fingerprint density at radius 2 is 1.83 bits per heavy atom. The van der Waals surface area contributed by atoms with E-state index in [1.165, 1.54) is 11.3 Å². The summed E-state index contributed by atoms with van der Waals surface area (Å²) in [6.45, 7) is 3.63. The summed E-state index contributed by atoms with van der Waals surface area (Å²) in [4.78, 5) is 26.5. The molecule has 29 heavy (non-hydrogen) atoms. The second-order valence-electron chi connectivity index (χ2n) is 6.69. The predicted molar refractivity (Wildman–Crippen MR) is 111 cm³/mol. The SMILES string of the molecule is O=C(Nc1ccc2c(c1)OCO2)c1cnc(N2CCN(c3ccccn3)CC2)s1. The van der Waals surface area contributed by atoms with Gasteiger partial charge in [0.1, 0.15) is 10.7 Å². The molecule has 1 amide bonds. The Bertz CT molecular complexity index is 1020. The molecule has 0 atom stereocenters. The van der Waals surface area contributed by atoms with Crippen LogP contribution < -0.4 is 24.6 Å². The second-order valence-corrected chi connectivity index (χ2v) is 7.70. The number of nitrogens with one attached hydrogen (secondary N) is 1. The highest BCUT2D eigenvalue weighted by Crippen LogP contribution is 2.34. The third kappa shape index (κ3) is 3.68. The molecule has 0 spiro atoms. The summed E-state index contributed by atoms with van der Waals surface area (Å²) < 4.78 is 10.6. The molecule has 5 rings (SSSR count). The fourth-order valence-electron chi connectivity index (χ4n) is 3.35. The average Bonchev–Trinajstić information content (AvgIpc) is 3.44. The highest BCUT2D eigenvalue weighted by atomic mass is 32.1. The average molecular weight is 409 g/mol. The van der Waals surface area contributed by atoms with Gasteiger partial charge in [-0.3, -0.25) is 4.79 Å². The number of carbonyl (C=O) groups excluding carboxylic acids is 1. The van der Waals surface area contributed by atoms with E-state index in [4.69, 9.17) is 9.47 Å². The van der Waals surface area contributed by atoms with E-state index in [9.17, 15) is 4.79 Å². The molecule has 0 unspecified atom stereocenters. The maximum atomic E-state index is 12.6. The molecule has 9 heteroatoms. The lowest BCUT2D eigenvalue weighted by atomic mass is 10.2. The quantitative estimate of drug-likeness (QED) is 0.710. The van der Waals surface area contributed by atoms with Crippen LogP contribution in [0.2, 0.25) is 0 Å². The summed E-state index contributed by atoms with van der Waals surface area (Å²) in [5.74, 6) is 2.14. The maximum Gasteiger partial charge on any atom is 0.267 e. The molecule has 2 aliphatic rings. The van der Waals surface area contributed by atoms with Gasteiger partial charge in [-0.1, -0.05) is 17.4 Å². The van der Waals surface area contributed by atoms with Gasteiger partial charge in [0.05, 0.1) is 6.20 Å². The number of ether oxygens (including phenoxy) is 2. The van der Waals surface area contributed by atoms with Crippen molar-refractivity contribution in [2.24, 2.45) is 0 Å². The second kappa shape index (κ2) is 7.59.